The molecular weight excluding hydrogens is 175 g/mol. The van der Waals surface area contributed by atoms with E-state index in [9.17, 15) is 0 Å². The van der Waals surface area contributed by atoms with Crippen molar-refractivity contribution in [1.82, 2.24) is 0 Å². The maximum atomic E-state index is 2.39. The van der Waals surface area contributed by atoms with Crippen LogP contribution in [0.5, 0.6) is 0 Å². The van der Waals surface area contributed by atoms with E-state index < -0.39 is 0 Å². The summed E-state index contributed by atoms with van der Waals surface area (Å²) in [5.74, 6) is 1.54. The topological polar surface area (TPSA) is 0 Å². The van der Waals surface area contributed by atoms with Gasteiger partial charge in [0, 0.05) is 5.16 Å². The number of allylic oxidation sites excluding steroid dienone is 4. The fraction of sp³-hybridized carbons (Fsp3) is 0.667. The van der Waals surface area contributed by atoms with Crippen molar-refractivity contribution in [2.45, 2.75) is 32.9 Å². The average molecular weight is 196 g/mol. The highest BCUT2D eigenvalue weighted by Gasteiger charge is 2.27. The van der Waals surface area contributed by atoms with Crippen LogP contribution in [0.2, 0.25) is 0 Å². The predicted octanol–water partition coefficient (Wildman–Crippen LogP) is 3.84. The van der Waals surface area contributed by atoms with Crippen molar-refractivity contribution >= 4 is 8.58 Å². The van der Waals surface area contributed by atoms with Gasteiger partial charge in [-0.2, -0.15) is 0 Å². The second-order valence-corrected chi connectivity index (χ2v) is 6.43. The molecule has 1 rings (SSSR count). The lowest BCUT2D eigenvalue weighted by Crippen LogP contribution is -2.26. The van der Waals surface area contributed by atoms with Crippen molar-refractivity contribution in [1.29, 1.82) is 0 Å². The number of hydrogen-bond acceptors (Lipinski definition) is 0. The molecule has 1 aliphatic carbocycles. The average Bonchev–Trinajstić information content (AvgIpc) is 2.07. The van der Waals surface area contributed by atoms with Crippen LogP contribution < -0.4 is 0 Å². The van der Waals surface area contributed by atoms with E-state index in [0.29, 0.717) is 11.1 Å². The van der Waals surface area contributed by atoms with Crippen LogP contribution in [-0.2, 0) is 0 Å². The molecule has 3 unspecified atom stereocenters. The minimum Gasteiger partial charge on any atom is -0.111 e. The second kappa shape index (κ2) is 4.42. The maximum Gasteiger partial charge on any atom is 0.00904 e. The molecule has 0 spiro atoms. The van der Waals surface area contributed by atoms with E-state index in [1.807, 2.05) is 0 Å². The third kappa shape index (κ3) is 2.95. The molecule has 13 heavy (non-hydrogen) atoms. The van der Waals surface area contributed by atoms with E-state index in [-0.39, 0.29) is 0 Å². The zero-order valence-electron chi connectivity index (χ0n) is 9.17. The van der Waals surface area contributed by atoms with Gasteiger partial charge < -0.3 is 0 Å². The normalized spacial score (nSPS) is 33.8. The van der Waals surface area contributed by atoms with Crippen LogP contribution in [0.3, 0.4) is 0 Å². The quantitative estimate of drug-likeness (QED) is 0.601. The third-order valence-corrected chi connectivity index (χ3v) is 5.19. The summed E-state index contributed by atoms with van der Waals surface area (Å²) in [6.45, 7) is 9.33. The van der Waals surface area contributed by atoms with Crippen molar-refractivity contribution in [2.24, 2.45) is 11.8 Å². The summed E-state index contributed by atoms with van der Waals surface area (Å²) in [6, 6.07) is 0. The Morgan fingerprint density at radius 1 is 1.38 bits per heavy atom. The van der Waals surface area contributed by atoms with Gasteiger partial charge in [-0.1, -0.05) is 52.0 Å². The molecule has 0 aliphatic heterocycles. The minimum absolute atomic E-state index is 0.430. The first-order valence-electron chi connectivity index (χ1n) is 5.15. The van der Waals surface area contributed by atoms with Gasteiger partial charge in [-0.15, -0.1) is 8.58 Å². The van der Waals surface area contributed by atoms with Gasteiger partial charge in [0.25, 0.3) is 0 Å². The first-order chi connectivity index (χ1) is 6.04. The molecule has 0 aromatic carbocycles. The zero-order chi connectivity index (χ0) is 9.90. The van der Waals surface area contributed by atoms with Crippen molar-refractivity contribution < 1.29 is 0 Å². The van der Waals surface area contributed by atoms with Gasteiger partial charge in [0.15, 0.2) is 0 Å². The summed E-state index contributed by atoms with van der Waals surface area (Å²) in [7, 11) is 1.06. The van der Waals surface area contributed by atoms with Crippen molar-refractivity contribution in [2.75, 3.05) is 6.16 Å². The molecule has 1 aliphatic rings. The van der Waals surface area contributed by atoms with Gasteiger partial charge in [0.2, 0.25) is 0 Å². The van der Waals surface area contributed by atoms with Gasteiger partial charge in [0.1, 0.15) is 0 Å². The summed E-state index contributed by atoms with van der Waals surface area (Å²) >= 11 is 0. The van der Waals surface area contributed by atoms with E-state index >= 15 is 0 Å². The molecule has 0 N–H and O–H groups in total. The molecule has 0 saturated carbocycles. The zero-order valence-corrected chi connectivity index (χ0v) is 10.2. The van der Waals surface area contributed by atoms with Gasteiger partial charge in [-0.25, -0.2) is 0 Å². The smallest absolute Gasteiger partial charge is 0.00904 e. The fourth-order valence-electron chi connectivity index (χ4n) is 1.48. The Bertz CT molecular complexity index is 215. The highest BCUT2D eigenvalue weighted by atomic mass is 31.1. The number of rotatable bonds is 3. The van der Waals surface area contributed by atoms with Crippen molar-refractivity contribution in [3.8, 4) is 0 Å². The van der Waals surface area contributed by atoms with Crippen LogP contribution in [0, 0.1) is 11.8 Å². The van der Waals surface area contributed by atoms with Crippen LogP contribution in [0.15, 0.2) is 24.3 Å². The third-order valence-electron chi connectivity index (χ3n) is 2.79. The van der Waals surface area contributed by atoms with Crippen LogP contribution in [0.1, 0.15) is 27.7 Å². The Morgan fingerprint density at radius 3 is 2.62 bits per heavy atom. The number of hydrogen-bond donors (Lipinski definition) is 0. The van der Waals surface area contributed by atoms with Gasteiger partial charge in [-0.05, 0) is 18.0 Å². The van der Waals surface area contributed by atoms with E-state index in [1.54, 1.807) is 0 Å². The van der Waals surface area contributed by atoms with E-state index in [1.165, 1.54) is 6.16 Å². The molecule has 0 saturated heterocycles. The molecule has 0 nitrogen and oxygen atoms in total. The van der Waals surface area contributed by atoms with E-state index in [2.05, 4.69) is 52.0 Å². The Hall–Kier alpha value is -0.0900. The second-order valence-electron chi connectivity index (χ2n) is 4.59. The molecular formula is C12H21P. The van der Waals surface area contributed by atoms with Crippen LogP contribution in [0.25, 0.3) is 0 Å². The van der Waals surface area contributed by atoms with E-state index in [4.69, 9.17) is 0 Å². The van der Waals surface area contributed by atoms with E-state index in [0.717, 1.165) is 14.5 Å². The molecule has 0 aromatic heterocycles. The molecule has 74 valence electrons. The standard InChI is InChI=1S/C12H21P/c1-10(2)9-13-12(4)8-6-5-7-11(12)3/h5-8,10-11,13H,9H2,1-4H3. The first kappa shape index (κ1) is 11.0. The Labute approximate surface area is 84.3 Å². The Balaban J connectivity index is 2.54. The summed E-state index contributed by atoms with van der Waals surface area (Å²) in [6.07, 6.45) is 10.4. The Kier molecular flexibility index (Phi) is 3.74. The largest absolute Gasteiger partial charge is 0.111 e. The van der Waals surface area contributed by atoms with Crippen LogP contribution >= 0.6 is 8.58 Å². The van der Waals surface area contributed by atoms with Gasteiger partial charge >= 0.3 is 0 Å². The molecule has 0 amide bonds. The first-order valence-corrected chi connectivity index (χ1v) is 6.36. The fourth-order valence-corrected chi connectivity index (χ4v) is 2.96. The lowest BCUT2D eigenvalue weighted by molar-refractivity contribution is 0.589. The lowest BCUT2D eigenvalue weighted by atomic mass is 9.91. The van der Waals surface area contributed by atoms with Gasteiger partial charge in [0.05, 0.1) is 0 Å². The van der Waals surface area contributed by atoms with Crippen LogP contribution in [-0.4, -0.2) is 11.3 Å². The predicted molar refractivity (Wildman–Crippen MR) is 63.9 cm³/mol. The minimum atomic E-state index is 0.430. The summed E-state index contributed by atoms with van der Waals surface area (Å²) in [5, 5.41) is 0.430. The lowest BCUT2D eigenvalue weighted by Gasteiger charge is -2.33. The highest BCUT2D eigenvalue weighted by Crippen LogP contribution is 2.42. The molecule has 0 bridgehead atoms. The monoisotopic (exact) mass is 196 g/mol. The summed E-state index contributed by atoms with van der Waals surface area (Å²) in [5.41, 5.74) is 0. The summed E-state index contributed by atoms with van der Waals surface area (Å²) in [4.78, 5) is 0. The molecule has 0 heterocycles. The maximum absolute atomic E-state index is 2.39. The summed E-state index contributed by atoms with van der Waals surface area (Å²) < 4.78 is 0. The van der Waals surface area contributed by atoms with Crippen molar-refractivity contribution in [3.05, 3.63) is 24.3 Å². The highest BCUT2D eigenvalue weighted by molar-refractivity contribution is 7.40. The Morgan fingerprint density at radius 2 is 2.08 bits per heavy atom. The van der Waals surface area contributed by atoms with Crippen molar-refractivity contribution in [3.63, 3.8) is 0 Å². The molecule has 1 heteroatoms. The molecule has 0 radical (unpaired) electrons. The van der Waals surface area contributed by atoms with Crippen LogP contribution in [0.4, 0.5) is 0 Å². The molecule has 3 atom stereocenters. The van der Waals surface area contributed by atoms with Gasteiger partial charge in [-0.3, -0.25) is 0 Å². The molecule has 0 fully saturated rings. The SMILES string of the molecule is CC(C)CPC1(C)C=CC=CC1C. The molecule has 0 aromatic rings.